The molecular formula is C23H23BrN4O4. The minimum absolute atomic E-state index is 0.0881. The first kappa shape index (κ1) is 23.3. The zero-order chi connectivity index (χ0) is 23.4. The van der Waals surface area contributed by atoms with E-state index < -0.39 is 24.0 Å². The number of ether oxygens (including phenoxy) is 1. The SMILES string of the molecule is Cc1cc(/C=C(\C#N)C(=O)OC(C)C(=O)NC(=O)NC2CC2)c(C)n1-c1ccc(Br)cc1. The Morgan fingerprint density at radius 1 is 1.25 bits per heavy atom. The molecule has 166 valence electrons. The molecule has 1 unspecified atom stereocenters. The van der Waals surface area contributed by atoms with Crippen molar-refractivity contribution in [1.29, 1.82) is 5.26 Å². The molecule has 1 aromatic carbocycles. The monoisotopic (exact) mass is 498 g/mol. The predicted molar refractivity (Wildman–Crippen MR) is 122 cm³/mol. The number of rotatable bonds is 6. The van der Waals surface area contributed by atoms with E-state index in [1.165, 1.54) is 13.0 Å². The zero-order valence-corrected chi connectivity index (χ0v) is 19.5. The average molecular weight is 499 g/mol. The van der Waals surface area contributed by atoms with Gasteiger partial charge in [0.05, 0.1) is 0 Å². The lowest BCUT2D eigenvalue weighted by Gasteiger charge is -2.13. The Balaban J connectivity index is 1.72. The molecule has 0 radical (unpaired) electrons. The van der Waals surface area contributed by atoms with Crippen LogP contribution in [0.15, 0.2) is 40.4 Å². The van der Waals surface area contributed by atoms with Gasteiger partial charge in [-0.05, 0) is 75.6 Å². The van der Waals surface area contributed by atoms with Crippen LogP contribution in [0.4, 0.5) is 4.79 Å². The van der Waals surface area contributed by atoms with Crippen molar-refractivity contribution in [3.8, 4) is 11.8 Å². The van der Waals surface area contributed by atoms with Gasteiger partial charge in [0.25, 0.3) is 5.91 Å². The summed E-state index contributed by atoms with van der Waals surface area (Å²) in [4.78, 5) is 36.2. The summed E-state index contributed by atoms with van der Waals surface area (Å²) >= 11 is 3.42. The van der Waals surface area contributed by atoms with Gasteiger partial charge in [0.2, 0.25) is 0 Å². The Bertz CT molecular complexity index is 1120. The maximum absolute atomic E-state index is 12.5. The summed E-state index contributed by atoms with van der Waals surface area (Å²) in [6.45, 7) is 5.15. The van der Waals surface area contributed by atoms with Crippen LogP contribution in [0.1, 0.15) is 36.7 Å². The Hall–Kier alpha value is -3.38. The first-order valence-corrected chi connectivity index (χ1v) is 10.9. The first-order chi connectivity index (χ1) is 15.2. The first-order valence-electron chi connectivity index (χ1n) is 10.1. The predicted octanol–water partition coefficient (Wildman–Crippen LogP) is 3.68. The van der Waals surface area contributed by atoms with Gasteiger partial charge < -0.3 is 14.6 Å². The largest absolute Gasteiger partial charge is 0.448 e. The fourth-order valence-electron chi connectivity index (χ4n) is 3.15. The summed E-state index contributed by atoms with van der Waals surface area (Å²) in [6.07, 6.45) is 1.96. The lowest BCUT2D eigenvalue weighted by molar-refractivity contribution is -0.150. The minimum Gasteiger partial charge on any atom is -0.448 e. The van der Waals surface area contributed by atoms with Gasteiger partial charge in [0.1, 0.15) is 11.6 Å². The summed E-state index contributed by atoms with van der Waals surface area (Å²) in [5.41, 5.74) is 3.14. The van der Waals surface area contributed by atoms with Gasteiger partial charge in [-0.1, -0.05) is 15.9 Å². The number of nitrogens with one attached hydrogen (secondary N) is 2. The molecule has 32 heavy (non-hydrogen) atoms. The molecule has 9 heteroatoms. The second-order valence-electron chi connectivity index (χ2n) is 7.59. The second-order valence-corrected chi connectivity index (χ2v) is 8.51. The molecule has 2 N–H and O–H groups in total. The number of hydrogen-bond donors (Lipinski definition) is 2. The molecule has 0 saturated heterocycles. The normalized spacial score (nSPS) is 14.3. The molecule has 1 atom stereocenters. The summed E-state index contributed by atoms with van der Waals surface area (Å²) in [5.74, 6) is -1.70. The molecule has 0 spiro atoms. The van der Waals surface area contributed by atoms with E-state index in [2.05, 4.69) is 26.6 Å². The van der Waals surface area contributed by atoms with Crippen molar-refractivity contribution >= 4 is 39.9 Å². The van der Waals surface area contributed by atoms with Crippen LogP contribution in [0.5, 0.6) is 0 Å². The van der Waals surface area contributed by atoms with Gasteiger partial charge in [-0.15, -0.1) is 0 Å². The van der Waals surface area contributed by atoms with Crippen molar-refractivity contribution in [1.82, 2.24) is 15.2 Å². The molecule has 0 bridgehead atoms. The van der Waals surface area contributed by atoms with Crippen molar-refractivity contribution in [2.24, 2.45) is 0 Å². The minimum atomic E-state index is -1.24. The quantitative estimate of drug-likeness (QED) is 0.358. The van der Waals surface area contributed by atoms with Crippen molar-refractivity contribution in [3.05, 3.63) is 57.3 Å². The van der Waals surface area contributed by atoms with Crippen molar-refractivity contribution < 1.29 is 19.1 Å². The fourth-order valence-corrected chi connectivity index (χ4v) is 3.42. The van der Waals surface area contributed by atoms with Gasteiger partial charge >= 0.3 is 12.0 Å². The van der Waals surface area contributed by atoms with Gasteiger partial charge in [0, 0.05) is 27.6 Å². The Labute approximate surface area is 194 Å². The van der Waals surface area contributed by atoms with Crippen LogP contribution in [0.3, 0.4) is 0 Å². The van der Waals surface area contributed by atoms with E-state index in [1.807, 2.05) is 54.8 Å². The molecule has 8 nitrogen and oxygen atoms in total. The highest BCUT2D eigenvalue weighted by atomic mass is 79.9. The molecule has 1 fully saturated rings. The summed E-state index contributed by atoms with van der Waals surface area (Å²) in [5, 5.41) is 14.2. The van der Waals surface area contributed by atoms with E-state index >= 15 is 0 Å². The van der Waals surface area contributed by atoms with Crippen LogP contribution in [0, 0.1) is 25.2 Å². The van der Waals surface area contributed by atoms with Crippen LogP contribution < -0.4 is 10.6 Å². The standard InChI is InChI=1S/C23H23BrN4O4/c1-13-10-16(14(2)28(13)20-8-4-18(24)5-9-20)11-17(12-25)22(30)32-15(3)21(29)27-23(31)26-19-6-7-19/h4-5,8-11,15,19H,6-7H2,1-3H3,(H2,26,27,29,31)/b17-11+. The highest BCUT2D eigenvalue weighted by molar-refractivity contribution is 9.10. The summed E-state index contributed by atoms with van der Waals surface area (Å²) in [6, 6.07) is 10.9. The van der Waals surface area contributed by atoms with Gasteiger partial charge in [0.15, 0.2) is 6.10 Å². The number of aromatic nitrogens is 1. The number of nitrogens with zero attached hydrogens (tertiary/aromatic N) is 2. The van der Waals surface area contributed by atoms with E-state index in [0.717, 1.165) is 34.4 Å². The molecular weight excluding hydrogens is 476 g/mol. The van der Waals surface area contributed by atoms with E-state index in [1.54, 1.807) is 0 Å². The third-order valence-corrected chi connectivity index (χ3v) is 5.53. The smallest absolute Gasteiger partial charge is 0.349 e. The molecule has 1 saturated carbocycles. The molecule has 1 aromatic heterocycles. The topological polar surface area (TPSA) is 113 Å². The van der Waals surface area contributed by atoms with E-state index in [0.29, 0.717) is 5.56 Å². The second kappa shape index (κ2) is 9.83. The Kier molecular flexibility index (Phi) is 7.15. The summed E-state index contributed by atoms with van der Waals surface area (Å²) in [7, 11) is 0. The third kappa shape index (κ3) is 5.65. The lowest BCUT2D eigenvalue weighted by Crippen LogP contribution is -2.45. The Morgan fingerprint density at radius 2 is 1.91 bits per heavy atom. The van der Waals surface area contributed by atoms with Crippen LogP contribution in [0.25, 0.3) is 11.8 Å². The van der Waals surface area contributed by atoms with Gasteiger partial charge in [-0.25, -0.2) is 9.59 Å². The van der Waals surface area contributed by atoms with Crippen LogP contribution in [0.2, 0.25) is 0 Å². The number of nitriles is 1. The lowest BCUT2D eigenvalue weighted by atomic mass is 10.1. The Morgan fingerprint density at radius 3 is 2.50 bits per heavy atom. The van der Waals surface area contributed by atoms with Crippen molar-refractivity contribution in [3.63, 3.8) is 0 Å². The molecule has 0 aliphatic heterocycles. The van der Waals surface area contributed by atoms with Gasteiger partial charge in [-0.2, -0.15) is 5.26 Å². The molecule has 1 aliphatic carbocycles. The summed E-state index contributed by atoms with van der Waals surface area (Å²) < 4.78 is 8.07. The number of esters is 1. The number of carbonyl (C=O) groups excluding carboxylic acids is 3. The molecule has 2 aromatic rings. The molecule has 3 rings (SSSR count). The number of benzene rings is 1. The van der Waals surface area contributed by atoms with Crippen LogP contribution in [-0.2, 0) is 14.3 Å². The van der Waals surface area contributed by atoms with Crippen LogP contribution >= 0.6 is 15.9 Å². The highest BCUT2D eigenvalue weighted by Crippen LogP contribution is 2.24. The number of hydrogen-bond acceptors (Lipinski definition) is 5. The fraction of sp³-hybridized carbons (Fsp3) is 0.304. The van der Waals surface area contributed by atoms with E-state index in [4.69, 9.17) is 4.74 Å². The van der Waals surface area contributed by atoms with E-state index in [9.17, 15) is 19.6 Å². The number of carbonyl (C=O) groups is 3. The maximum atomic E-state index is 12.5. The highest BCUT2D eigenvalue weighted by Gasteiger charge is 2.26. The maximum Gasteiger partial charge on any atom is 0.349 e. The third-order valence-electron chi connectivity index (χ3n) is 5.00. The molecule has 3 amide bonds. The number of urea groups is 1. The number of aryl methyl sites for hydroxylation is 1. The number of imide groups is 1. The molecule has 1 aliphatic rings. The van der Waals surface area contributed by atoms with E-state index in [-0.39, 0.29) is 11.6 Å². The van der Waals surface area contributed by atoms with Crippen molar-refractivity contribution in [2.45, 2.75) is 45.8 Å². The van der Waals surface area contributed by atoms with Crippen molar-refractivity contribution in [2.75, 3.05) is 0 Å². The molecule has 1 heterocycles. The van der Waals surface area contributed by atoms with Crippen LogP contribution in [-0.4, -0.2) is 34.6 Å². The van der Waals surface area contributed by atoms with Gasteiger partial charge in [-0.3, -0.25) is 10.1 Å². The zero-order valence-electron chi connectivity index (χ0n) is 17.9. The number of halogens is 1. The average Bonchev–Trinajstić information content (AvgIpc) is 3.50. The number of amides is 3.